The molecule has 4 nitrogen and oxygen atoms in total. The Balaban J connectivity index is 1.93. The van der Waals surface area contributed by atoms with Gasteiger partial charge in [0.2, 0.25) is 5.91 Å². The molecule has 1 amide bonds. The van der Waals surface area contributed by atoms with Crippen LogP contribution in [0.4, 0.5) is 0 Å². The average Bonchev–Trinajstić information content (AvgIpc) is 3.16. The molecule has 1 fully saturated rings. The molecule has 2 heterocycles. The predicted molar refractivity (Wildman–Crippen MR) is 105 cm³/mol. The van der Waals surface area contributed by atoms with Gasteiger partial charge in [-0.05, 0) is 50.1 Å². The minimum atomic E-state index is -0.0177. The fraction of sp³-hybridized carbons (Fsp3) is 0.400. The van der Waals surface area contributed by atoms with E-state index < -0.39 is 0 Å². The summed E-state index contributed by atoms with van der Waals surface area (Å²) in [4.78, 5) is 19.5. The second-order valence-corrected chi connectivity index (χ2v) is 7.55. The first kappa shape index (κ1) is 17.8. The van der Waals surface area contributed by atoms with E-state index >= 15 is 0 Å². The Morgan fingerprint density at radius 3 is 2.80 bits per heavy atom. The quantitative estimate of drug-likeness (QED) is 0.802. The fourth-order valence-electron chi connectivity index (χ4n) is 3.35. The van der Waals surface area contributed by atoms with E-state index in [1.54, 1.807) is 11.8 Å². The van der Waals surface area contributed by atoms with Crippen LogP contribution in [-0.4, -0.2) is 38.4 Å². The second-order valence-electron chi connectivity index (χ2n) is 6.37. The Labute approximate surface area is 153 Å². The van der Waals surface area contributed by atoms with E-state index in [1.807, 2.05) is 48.7 Å². The largest absolute Gasteiger partial charge is 0.332 e. The van der Waals surface area contributed by atoms with E-state index in [0.717, 1.165) is 42.9 Å². The molecule has 1 aromatic heterocycles. The lowest BCUT2D eigenvalue weighted by molar-refractivity contribution is -0.134. The van der Waals surface area contributed by atoms with Crippen molar-refractivity contribution < 1.29 is 4.79 Å². The zero-order valence-corrected chi connectivity index (χ0v) is 15.7. The van der Waals surface area contributed by atoms with Gasteiger partial charge in [0.05, 0.1) is 11.3 Å². The minimum Gasteiger partial charge on any atom is -0.332 e. The number of piperidine rings is 1. The maximum Gasteiger partial charge on any atom is 0.236 e. The van der Waals surface area contributed by atoms with Gasteiger partial charge in [-0.3, -0.25) is 4.79 Å². The molecule has 0 saturated carbocycles. The molecule has 1 aromatic carbocycles. The molecular formula is C20H25N3OS. The van der Waals surface area contributed by atoms with Crippen molar-refractivity contribution in [1.82, 2.24) is 14.5 Å². The van der Waals surface area contributed by atoms with E-state index in [9.17, 15) is 4.79 Å². The van der Waals surface area contributed by atoms with Crippen LogP contribution in [0.15, 0.2) is 43.2 Å². The molecule has 5 heteroatoms. The number of hydrogen-bond donors (Lipinski definition) is 0. The highest BCUT2D eigenvalue weighted by Gasteiger charge is 2.33. The summed E-state index contributed by atoms with van der Waals surface area (Å²) in [5.74, 6) is 1.17. The van der Waals surface area contributed by atoms with Gasteiger partial charge in [0.15, 0.2) is 0 Å². The molecule has 1 saturated heterocycles. The van der Waals surface area contributed by atoms with Crippen molar-refractivity contribution in [3.63, 3.8) is 0 Å². The molecule has 1 aliphatic rings. The SMILES string of the molecule is C=Cc1ccc(-n2ccnc2C2CCCCN2C(=O)C(C)SC)cc1. The molecule has 0 spiro atoms. The van der Waals surface area contributed by atoms with E-state index in [2.05, 4.69) is 28.3 Å². The third-order valence-electron chi connectivity index (χ3n) is 4.86. The van der Waals surface area contributed by atoms with Gasteiger partial charge in [0.25, 0.3) is 0 Å². The number of likely N-dealkylation sites (tertiary alicyclic amines) is 1. The zero-order valence-electron chi connectivity index (χ0n) is 14.9. The number of rotatable bonds is 5. The summed E-state index contributed by atoms with van der Waals surface area (Å²) in [5.41, 5.74) is 2.16. The molecule has 0 bridgehead atoms. The standard InChI is InChI=1S/C20H25N3OS/c1-4-16-8-10-17(11-9-16)22-14-12-21-19(22)18-7-5-6-13-23(18)20(24)15(2)25-3/h4,8-12,14-15,18H,1,5-7,13H2,2-3H3. The van der Waals surface area contributed by atoms with Gasteiger partial charge in [-0.2, -0.15) is 11.8 Å². The molecule has 25 heavy (non-hydrogen) atoms. The first-order valence-corrected chi connectivity index (χ1v) is 10.0. The van der Waals surface area contributed by atoms with Gasteiger partial charge in [-0.1, -0.05) is 24.8 Å². The maximum absolute atomic E-state index is 12.8. The number of hydrogen-bond acceptors (Lipinski definition) is 3. The lowest BCUT2D eigenvalue weighted by Crippen LogP contribution is -2.43. The molecule has 0 N–H and O–H groups in total. The maximum atomic E-state index is 12.8. The minimum absolute atomic E-state index is 0.0177. The van der Waals surface area contributed by atoms with Gasteiger partial charge in [-0.15, -0.1) is 0 Å². The lowest BCUT2D eigenvalue weighted by atomic mass is 10.0. The van der Waals surface area contributed by atoms with E-state index in [4.69, 9.17) is 0 Å². The van der Waals surface area contributed by atoms with Gasteiger partial charge in [0.1, 0.15) is 5.82 Å². The van der Waals surface area contributed by atoms with Crippen molar-refractivity contribution in [3.05, 3.63) is 54.6 Å². The molecule has 132 valence electrons. The van der Waals surface area contributed by atoms with Crippen molar-refractivity contribution in [3.8, 4) is 5.69 Å². The van der Waals surface area contributed by atoms with Crippen molar-refractivity contribution in [1.29, 1.82) is 0 Å². The molecule has 2 unspecified atom stereocenters. The van der Waals surface area contributed by atoms with Crippen LogP contribution in [0.25, 0.3) is 11.8 Å². The zero-order chi connectivity index (χ0) is 17.8. The Kier molecular flexibility index (Phi) is 5.63. The molecular weight excluding hydrogens is 330 g/mol. The number of carbonyl (C=O) groups excluding carboxylic acids is 1. The Hall–Kier alpha value is -2.01. The topological polar surface area (TPSA) is 38.1 Å². The monoisotopic (exact) mass is 355 g/mol. The predicted octanol–water partition coefficient (Wildman–Crippen LogP) is 4.32. The van der Waals surface area contributed by atoms with Crippen LogP contribution in [0, 0.1) is 0 Å². The molecule has 2 aromatic rings. The highest BCUT2D eigenvalue weighted by atomic mass is 32.2. The van der Waals surface area contributed by atoms with Gasteiger partial charge < -0.3 is 9.47 Å². The van der Waals surface area contributed by atoms with Crippen LogP contribution in [0.2, 0.25) is 0 Å². The van der Waals surface area contributed by atoms with Crippen molar-refractivity contribution >= 4 is 23.7 Å². The number of carbonyl (C=O) groups is 1. The first-order chi connectivity index (χ1) is 12.2. The van der Waals surface area contributed by atoms with Crippen LogP contribution >= 0.6 is 11.8 Å². The highest BCUT2D eigenvalue weighted by Crippen LogP contribution is 2.32. The van der Waals surface area contributed by atoms with Crippen molar-refractivity contribution in [2.24, 2.45) is 0 Å². The van der Waals surface area contributed by atoms with Crippen LogP contribution in [0.1, 0.15) is 43.6 Å². The van der Waals surface area contributed by atoms with Crippen LogP contribution in [0.5, 0.6) is 0 Å². The second kappa shape index (κ2) is 7.91. The highest BCUT2D eigenvalue weighted by molar-refractivity contribution is 7.99. The molecule has 0 radical (unpaired) electrons. The van der Waals surface area contributed by atoms with E-state index in [1.165, 1.54) is 0 Å². The normalized spacial score (nSPS) is 18.8. The number of amides is 1. The summed E-state index contributed by atoms with van der Waals surface area (Å²) >= 11 is 1.60. The smallest absolute Gasteiger partial charge is 0.236 e. The van der Waals surface area contributed by atoms with E-state index in [-0.39, 0.29) is 17.2 Å². The summed E-state index contributed by atoms with van der Waals surface area (Å²) in [6.45, 7) is 6.60. The van der Waals surface area contributed by atoms with Crippen LogP contribution in [0.3, 0.4) is 0 Å². The number of benzene rings is 1. The third kappa shape index (κ3) is 3.66. The summed E-state index contributed by atoms with van der Waals surface area (Å²) < 4.78 is 2.10. The number of nitrogens with zero attached hydrogens (tertiary/aromatic N) is 3. The summed E-state index contributed by atoms with van der Waals surface area (Å²) in [7, 11) is 0. The Morgan fingerprint density at radius 1 is 1.36 bits per heavy atom. The third-order valence-corrected chi connectivity index (χ3v) is 5.77. The molecule has 1 aliphatic heterocycles. The summed E-state index contributed by atoms with van der Waals surface area (Å²) in [6, 6.07) is 8.28. The fourth-order valence-corrected chi connectivity index (χ4v) is 3.69. The molecule has 2 atom stereocenters. The van der Waals surface area contributed by atoms with Crippen molar-refractivity contribution in [2.45, 2.75) is 37.5 Å². The van der Waals surface area contributed by atoms with Gasteiger partial charge in [0, 0.05) is 24.6 Å². The van der Waals surface area contributed by atoms with Gasteiger partial charge in [-0.25, -0.2) is 4.98 Å². The summed E-state index contributed by atoms with van der Waals surface area (Å²) in [5, 5.41) is -0.0177. The van der Waals surface area contributed by atoms with E-state index in [0.29, 0.717) is 0 Å². The first-order valence-electron chi connectivity index (χ1n) is 8.75. The number of aromatic nitrogens is 2. The van der Waals surface area contributed by atoms with Gasteiger partial charge >= 0.3 is 0 Å². The van der Waals surface area contributed by atoms with Crippen LogP contribution in [-0.2, 0) is 4.79 Å². The average molecular weight is 356 g/mol. The molecule has 3 rings (SSSR count). The Morgan fingerprint density at radius 2 is 2.12 bits per heavy atom. The van der Waals surface area contributed by atoms with Crippen molar-refractivity contribution in [2.75, 3.05) is 12.8 Å². The summed E-state index contributed by atoms with van der Waals surface area (Å²) in [6.07, 6.45) is 10.8. The number of imidazole rings is 1. The Bertz CT molecular complexity index is 738. The lowest BCUT2D eigenvalue weighted by Gasteiger charge is -2.36. The number of thioether (sulfide) groups is 1. The van der Waals surface area contributed by atoms with Crippen LogP contribution < -0.4 is 0 Å². The molecule has 0 aliphatic carbocycles.